The van der Waals surface area contributed by atoms with Crippen molar-refractivity contribution < 1.29 is 0 Å². The van der Waals surface area contributed by atoms with Crippen LogP contribution in [0.4, 0.5) is 0 Å². The van der Waals surface area contributed by atoms with Crippen LogP contribution in [0.15, 0.2) is 206 Å². The van der Waals surface area contributed by atoms with Crippen LogP contribution in [0.1, 0.15) is 68.6 Å². The molecule has 13 rings (SSSR count). The van der Waals surface area contributed by atoms with E-state index < -0.39 is 0 Å². The largest absolute Gasteiger partial charge is 0.209 e. The molecule has 344 valence electrons. The average Bonchev–Trinajstić information content (AvgIpc) is 3.81. The molecule has 72 heavy (non-hydrogen) atoms. The second-order valence-electron chi connectivity index (χ2n) is 20.2. The van der Waals surface area contributed by atoms with Crippen molar-refractivity contribution in [3.8, 4) is 101 Å². The molecule has 6 heteroatoms. The lowest BCUT2D eigenvalue weighted by atomic mass is 9.79. The highest BCUT2D eigenvalue weighted by atomic mass is 15.0. The maximum absolute atomic E-state index is 5.28. The van der Waals surface area contributed by atoms with Crippen LogP contribution < -0.4 is 0 Å². The van der Waals surface area contributed by atoms with Crippen molar-refractivity contribution in [2.75, 3.05) is 0 Å². The summed E-state index contributed by atoms with van der Waals surface area (Å²) in [7, 11) is 0. The molecule has 2 heterocycles. The van der Waals surface area contributed by atoms with E-state index in [1.807, 2.05) is 54.6 Å². The van der Waals surface area contributed by atoms with Crippen molar-refractivity contribution in [2.45, 2.75) is 51.4 Å². The average molecular weight is 927 g/mol. The van der Waals surface area contributed by atoms with Gasteiger partial charge in [-0.25, -0.2) is 29.9 Å². The number of hydrogen-bond acceptors (Lipinski definition) is 6. The van der Waals surface area contributed by atoms with Crippen LogP contribution in [0.2, 0.25) is 0 Å². The molecule has 3 aliphatic carbocycles. The molecule has 0 spiro atoms. The first-order chi connectivity index (χ1) is 35.2. The molecule has 0 bridgehead atoms. The fraction of sp³-hybridized carbons (Fsp3) is 0.121. The van der Waals surface area contributed by atoms with Gasteiger partial charge in [-0.15, -0.1) is 0 Å². The number of fused-ring (bicyclic) bond motifs is 6. The molecule has 0 N–H and O–H groups in total. The number of nitrogens with zero attached hydrogens (tertiary/aromatic N) is 6. The summed E-state index contributed by atoms with van der Waals surface area (Å²) in [6, 6.07) is 66.7. The zero-order valence-electron chi connectivity index (χ0n) is 40.7. The Bertz CT molecular complexity index is 3770. The van der Waals surface area contributed by atoms with E-state index in [1.165, 1.54) is 44.5 Å². The first-order valence-corrected chi connectivity index (χ1v) is 24.9. The van der Waals surface area contributed by atoms with Crippen LogP contribution in [0.3, 0.4) is 0 Å². The topological polar surface area (TPSA) is 77.3 Å². The summed E-state index contributed by atoms with van der Waals surface area (Å²) in [6.45, 7) is 9.52. The van der Waals surface area contributed by atoms with E-state index in [-0.39, 0.29) is 10.8 Å². The predicted octanol–water partition coefficient (Wildman–Crippen LogP) is 16.1. The summed E-state index contributed by atoms with van der Waals surface area (Å²) >= 11 is 0. The van der Waals surface area contributed by atoms with Crippen LogP contribution in [-0.4, -0.2) is 29.9 Å². The summed E-state index contributed by atoms with van der Waals surface area (Å²) in [5.41, 5.74) is 19.9. The summed E-state index contributed by atoms with van der Waals surface area (Å²) in [6.07, 6.45) is 8.31. The van der Waals surface area contributed by atoms with Crippen molar-refractivity contribution in [3.63, 3.8) is 0 Å². The second-order valence-corrected chi connectivity index (χ2v) is 20.2. The highest BCUT2D eigenvalue weighted by Gasteiger charge is 2.44. The van der Waals surface area contributed by atoms with Gasteiger partial charge in [0.2, 0.25) is 0 Å². The van der Waals surface area contributed by atoms with Gasteiger partial charge in [0.05, 0.1) is 0 Å². The third kappa shape index (κ3) is 7.24. The number of allylic oxidation sites excluding steroid dienone is 4. The minimum Gasteiger partial charge on any atom is -0.209 e. The Balaban J connectivity index is 1.01. The highest BCUT2D eigenvalue weighted by Crippen LogP contribution is 2.60. The lowest BCUT2D eigenvalue weighted by molar-refractivity contribution is 0.652. The normalized spacial score (nSPS) is 14.5. The number of benzene rings is 8. The van der Waals surface area contributed by atoms with E-state index in [2.05, 4.69) is 179 Å². The van der Waals surface area contributed by atoms with Gasteiger partial charge in [-0.3, -0.25) is 0 Å². The van der Waals surface area contributed by atoms with Gasteiger partial charge >= 0.3 is 0 Å². The Hall–Kier alpha value is -8.74. The third-order valence-electron chi connectivity index (χ3n) is 15.0. The van der Waals surface area contributed by atoms with Crippen LogP contribution in [0, 0.1) is 0 Å². The molecule has 0 atom stereocenters. The second kappa shape index (κ2) is 17.0. The van der Waals surface area contributed by atoms with Gasteiger partial charge in [0.15, 0.2) is 34.9 Å². The Morgan fingerprint density at radius 1 is 0.319 bits per heavy atom. The maximum atomic E-state index is 5.28. The van der Waals surface area contributed by atoms with Gasteiger partial charge in [0, 0.05) is 38.6 Å². The molecular weight excluding hydrogens is 877 g/mol. The molecule has 0 radical (unpaired) electrons. The van der Waals surface area contributed by atoms with Crippen molar-refractivity contribution in [2.24, 2.45) is 0 Å². The molecule has 0 saturated carbocycles. The number of hydrogen-bond donors (Lipinski definition) is 0. The van der Waals surface area contributed by atoms with Crippen LogP contribution in [0.5, 0.6) is 0 Å². The summed E-state index contributed by atoms with van der Waals surface area (Å²) in [5.74, 6) is 4.01. The zero-order chi connectivity index (χ0) is 48.6. The Labute approximate surface area is 420 Å². The van der Waals surface area contributed by atoms with E-state index >= 15 is 0 Å². The molecule has 3 aliphatic rings. The monoisotopic (exact) mass is 926 g/mol. The van der Waals surface area contributed by atoms with E-state index in [0.29, 0.717) is 29.1 Å². The molecule has 0 fully saturated rings. The predicted molar refractivity (Wildman–Crippen MR) is 293 cm³/mol. The molecular formula is C66H50N6. The minimum absolute atomic E-state index is 0.375. The number of aromatic nitrogens is 6. The molecule has 6 nitrogen and oxygen atoms in total. The van der Waals surface area contributed by atoms with Gasteiger partial charge in [0.1, 0.15) is 0 Å². The van der Waals surface area contributed by atoms with E-state index in [1.54, 1.807) is 0 Å². The van der Waals surface area contributed by atoms with Gasteiger partial charge in [-0.1, -0.05) is 198 Å². The van der Waals surface area contributed by atoms with Crippen LogP contribution >= 0.6 is 0 Å². The first-order valence-electron chi connectivity index (χ1n) is 24.9. The summed E-state index contributed by atoms with van der Waals surface area (Å²) in [4.78, 5) is 31.1. The highest BCUT2D eigenvalue weighted by molar-refractivity contribution is 6.01. The third-order valence-corrected chi connectivity index (χ3v) is 15.0. The van der Waals surface area contributed by atoms with E-state index in [0.717, 1.165) is 74.3 Å². The van der Waals surface area contributed by atoms with Crippen molar-refractivity contribution >= 4 is 5.57 Å². The van der Waals surface area contributed by atoms with E-state index in [4.69, 9.17) is 29.9 Å². The quantitative estimate of drug-likeness (QED) is 0.151. The van der Waals surface area contributed by atoms with Crippen molar-refractivity contribution in [3.05, 3.63) is 234 Å². The van der Waals surface area contributed by atoms with Gasteiger partial charge < -0.3 is 0 Å². The number of rotatable bonds is 8. The van der Waals surface area contributed by atoms with Crippen molar-refractivity contribution in [1.82, 2.24) is 29.9 Å². The molecule has 0 amide bonds. The Morgan fingerprint density at radius 3 is 1.00 bits per heavy atom. The van der Waals surface area contributed by atoms with Gasteiger partial charge in [0.25, 0.3) is 0 Å². The molecule has 10 aromatic rings. The molecule has 0 saturated heterocycles. The van der Waals surface area contributed by atoms with Crippen LogP contribution in [-0.2, 0) is 10.8 Å². The zero-order valence-corrected chi connectivity index (χ0v) is 40.7. The fourth-order valence-corrected chi connectivity index (χ4v) is 11.2. The molecule has 8 aromatic carbocycles. The smallest absolute Gasteiger partial charge is 0.164 e. The lowest BCUT2D eigenvalue weighted by Gasteiger charge is -2.24. The lowest BCUT2D eigenvalue weighted by Crippen LogP contribution is -2.17. The minimum atomic E-state index is -0.380. The Kier molecular flexibility index (Phi) is 10.2. The molecule has 2 aromatic heterocycles. The van der Waals surface area contributed by atoms with Crippen molar-refractivity contribution in [1.29, 1.82) is 0 Å². The maximum Gasteiger partial charge on any atom is 0.164 e. The first kappa shape index (κ1) is 43.3. The Morgan fingerprint density at radius 2 is 0.653 bits per heavy atom. The SMILES string of the molecule is CC1(C)c2cc3c(cc2-c2c(-c4ccccc4)cc(-c4nc(C5=CC=CCC5)nc(-c5ccccc5)n4)cc21)C(C)(C)c1cc(-c2nc(-c4ccccc4)nc(-c4ccccc4)n2)cc(-c2ccccc2)c1-3. The standard InChI is InChI=1S/C66H50N6/c1-65(2)53-39-52-54(40-51(53)57-49(41-23-11-5-12-24-41)35-47(37-55(57)65)63-69-59(43-27-15-7-16-28-43)67-60(70-63)44-29-17-8-18-30-44)66(3,4)56-38-48(36-50(58(52)56)42-25-13-6-14-26-42)64-71-61(45-31-19-9-20-32-45)68-62(72-64)46-33-21-10-22-34-46/h5-21,23-33,35-40H,22,34H2,1-4H3. The van der Waals surface area contributed by atoms with Gasteiger partial charge in [-0.05, 0) is 122 Å². The van der Waals surface area contributed by atoms with E-state index in [9.17, 15) is 0 Å². The van der Waals surface area contributed by atoms with Crippen LogP contribution in [0.25, 0.3) is 107 Å². The fourth-order valence-electron chi connectivity index (χ4n) is 11.2. The van der Waals surface area contributed by atoms with Gasteiger partial charge in [-0.2, -0.15) is 0 Å². The summed E-state index contributed by atoms with van der Waals surface area (Å²) < 4.78 is 0. The molecule has 0 unspecified atom stereocenters. The molecule has 0 aliphatic heterocycles. The summed E-state index contributed by atoms with van der Waals surface area (Å²) in [5, 5.41) is 0.